The lowest BCUT2D eigenvalue weighted by Crippen LogP contribution is -2.07. The minimum atomic E-state index is -4.72. The Bertz CT molecular complexity index is 979. The maximum absolute atomic E-state index is 13.1. The van der Waals surface area contributed by atoms with Crippen LogP contribution in [0.4, 0.5) is 17.6 Å². The van der Waals surface area contributed by atoms with Crippen molar-refractivity contribution in [2.75, 3.05) is 0 Å². The standard InChI is InChI=1S/C17H10F4N2O3/c18-10-3-1-9(2-4-10)13-8-15(17(19,20)21)22-23(13)11-5-6-12(16(25)26)14(24)7-11/h1-8,24H,(H,25,26). The van der Waals surface area contributed by atoms with Gasteiger partial charge in [-0.2, -0.15) is 18.3 Å². The third kappa shape index (κ3) is 3.23. The lowest BCUT2D eigenvalue weighted by atomic mass is 10.1. The summed E-state index contributed by atoms with van der Waals surface area (Å²) in [5, 5.41) is 22.2. The molecule has 0 saturated carbocycles. The van der Waals surface area contributed by atoms with Crippen LogP contribution in [-0.2, 0) is 6.18 Å². The Morgan fingerprint density at radius 3 is 2.23 bits per heavy atom. The van der Waals surface area contributed by atoms with Crippen LogP contribution in [0.3, 0.4) is 0 Å². The van der Waals surface area contributed by atoms with Crippen molar-refractivity contribution in [3.63, 3.8) is 0 Å². The molecule has 0 bridgehead atoms. The summed E-state index contributed by atoms with van der Waals surface area (Å²) in [6.07, 6.45) is -4.72. The van der Waals surface area contributed by atoms with Gasteiger partial charge in [-0.25, -0.2) is 13.9 Å². The van der Waals surface area contributed by atoms with Crippen LogP contribution in [0.1, 0.15) is 16.1 Å². The number of rotatable bonds is 3. The number of halogens is 4. The predicted molar refractivity (Wildman–Crippen MR) is 82.6 cm³/mol. The number of nitrogens with zero attached hydrogens (tertiary/aromatic N) is 2. The molecule has 0 aliphatic heterocycles. The van der Waals surface area contributed by atoms with Crippen LogP contribution >= 0.6 is 0 Å². The van der Waals surface area contributed by atoms with Crippen molar-refractivity contribution in [2.24, 2.45) is 0 Å². The van der Waals surface area contributed by atoms with Crippen LogP contribution in [0.15, 0.2) is 48.5 Å². The number of hydrogen-bond acceptors (Lipinski definition) is 3. The van der Waals surface area contributed by atoms with Crippen LogP contribution in [-0.4, -0.2) is 26.0 Å². The monoisotopic (exact) mass is 366 g/mol. The minimum Gasteiger partial charge on any atom is -0.507 e. The van der Waals surface area contributed by atoms with Crippen LogP contribution in [0.25, 0.3) is 16.9 Å². The van der Waals surface area contributed by atoms with Crippen LogP contribution in [0.5, 0.6) is 5.75 Å². The molecule has 0 unspecified atom stereocenters. The van der Waals surface area contributed by atoms with Gasteiger partial charge in [0.2, 0.25) is 0 Å². The van der Waals surface area contributed by atoms with Crippen LogP contribution in [0, 0.1) is 5.82 Å². The van der Waals surface area contributed by atoms with Crippen molar-refractivity contribution in [1.29, 1.82) is 0 Å². The molecule has 9 heteroatoms. The second kappa shape index (κ2) is 6.17. The molecule has 5 nitrogen and oxygen atoms in total. The molecule has 0 spiro atoms. The summed E-state index contributed by atoms with van der Waals surface area (Å²) in [4.78, 5) is 11.0. The number of carboxylic acids is 1. The third-order valence-corrected chi connectivity index (χ3v) is 3.60. The average molecular weight is 366 g/mol. The fourth-order valence-electron chi connectivity index (χ4n) is 2.38. The number of aromatic nitrogens is 2. The summed E-state index contributed by atoms with van der Waals surface area (Å²) in [6, 6.07) is 8.79. The van der Waals surface area contributed by atoms with Gasteiger partial charge in [0.05, 0.1) is 11.4 Å². The Hall–Kier alpha value is -3.36. The Balaban J connectivity index is 2.19. The van der Waals surface area contributed by atoms with Crippen LogP contribution in [0.2, 0.25) is 0 Å². The molecule has 2 aromatic carbocycles. The van der Waals surface area contributed by atoms with E-state index in [1.165, 1.54) is 18.2 Å². The zero-order chi connectivity index (χ0) is 19.1. The van der Waals surface area contributed by atoms with E-state index < -0.39 is 35.0 Å². The number of hydrogen-bond donors (Lipinski definition) is 2. The zero-order valence-corrected chi connectivity index (χ0v) is 12.8. The normalized spacial score (nSPS) is 11.5. The van der Waals surface area contributed by atoms with Gasteiger partial charge in [0.1, 0.15) is 17.1 Å². The molecule has 0 fully saturated rings. The molecule has 0 atom stereocenters. The molecular weight excluding hydrogens is 356 g/mol. The smallest absolute Gasteiger partial charge is 0.435 e. The van der Waals surface area contributed by atoms with Crippen molar-refractivity contribution in [3.8, 4) is 22.7 Å². The molecule has 1 aromatic heterocycles. The molecule has 3 rings (SSSR count). The van der Waals surface area contributed by atoms with Gasteiger partial charge in [0.15, 0.2) is 5.69 Å². The van der Waals surface area contributed by atoms with E-state index in [0.717, 1.165) is 35.0 Å². The number of alkyl halides is 3. The van der Waals surface area contributed by atoms with Gasteiger partial charge in [0.25, 0.3) is 0 Å². The number of carbonyl (C=O) groups is 1. The summed E-state index contributed by atoms with van der Waals surface area (Å²) in [6.45, 7) is 0. The maximum atomic E-state index is 13.1. The van der Waals surface area contributed by atoms with Gasteiger partial charge in [-0.15, -0.1) is 0 Å². The fourth-order valence-corrected chi connectivity index (χ4v) is 2.38. The highest BCUT2D eigenvalue weighted by Gasteiger charge is 2.35. The first-order valence-corrected chi connectivity index (χ1v) is 7.16. The number of carboxylic acid groups (broad SMARTS) is 1. The zero-order valence-electron chi connectivity index (χ0n) is 12.8. The van der Waals surface area contributed by atoms with E-state index >= 15 is 0 Å². The predicted octanol–water partition coefficient (Wildman–Crippen LogP) is 4.10. The van der Waals surface area contributed by atoms with Gasteiger partial charge in [-0.05, 0) is 42.5 Å². The first-order chi connectivity index (χ1) is 12.2. The second-order valence-corrected chi connectivity index (χ2v) is 5.34. The van der Waals surface area contributed by atoms with E-state index in [2.05, 4.69) is 5.10 Å². The van der Waals surface area contributed by atoms with Crippen LogP contribution < -0.4 is 0 Å². The minimum absolute atomic E-state index is 0.000185. The largest absolute Gasteiger partial charge is 0.507 e. The molecule has 0 aliphatic rings. The number of phenols is 1. The van der Waals surface area contributed by atoms with Gasteiger partial charge < -0.3 is 10.2 Å². The molecule has 3 aromatic rings. The van der Waals surface area contributed by atoms with Crippen molar-refractivity contribution < 1.29 is 32.6 Å². The highest BCUT2D eigenvalue weighted by Crippen LogP contribution is 2.34. The van der Waals surface area contributed by atoms with E-state index in [1.807, 2.05) is 0 Å². The Kier molecular flexibility index (Phi) is 4.15. The number of aromatic hydroxyl groups is 1. The lowest BCUT2D eigenvalue weighted by molar-refractivity contribution is -0.141. The SMILES string of the molecule is O=C(O)c1ccc(-n2nc(C(F)(F)F)cc2-c2ccc(F)cc2)cc1O. The molecule has 2 N–H and O–H groups in total. The fraction of sp³-hybridized carbons (Fsp3) is 0.0588. The number of benzene rings is 2. The third-order valence-electron chi connectivity index (χ3n) is 3.60. The average Bonchev–Trinajstić information content (AvgIpc) is 3.00. The van der Waals surface area contributed by atoms with Gasteiger partial charge in [-0.1, -0.05) is 0 Å². The van der Waals surface area contributed by atoms with E-state index in [-0.39, 0.29) is 16.9 Å². The highest BCUT2D eigenvalue weighted by atomic mass is 19.4. The summed E-state index contributed by atoms with van der Waals surface area (Å²) >= 11 is 0. The van der Waals surface area contributed by atoms with Gasteiger partial charge in [-0.3, -0.25) is 0 Å². The molecule has 134 valence electrons. The highest BCUT2D eigenvalue weighted by molar-refractivity contribution is 5.91. The number of aromatic carboxylic acids is 1. The molecule has 0 aliphatic carbocycles. The first kappa shape index (κ1) is 17.5. The van der Waals surface area contributed by atoms with Gasteiger partial charge in [0, 0.05) is 11.6 Å². The summed E-state index contributed by atoms with van der Waals surface area (Å²) in [5.41, 5.74) is -1.31. The van der Waals surface area contributed by atoms with Crippen molar-refractivity contribution in [3.05, 3.63) is 65.6 Å². The van der Waals surface area contributed by atoms with E-state index in [1.54, 1.807) is 0 Å². The van der Waals surface area contributed by atoms with Crippen molar-refractivity contribution >= 4 is 5.97 Å². The van der Waals surface area contributed by atoms with E-state index in [0.29, 0.717) is 0 Å². The summed E-state index contributed by atoms with van der Waals surface area (Å²) < 4.78 is 53.2. The van der Waals surface area contributed by atoms with E-state index in [9.17, 15) is 27.5 Å². The Morgan fingerprint density at radius 2 is 1.69 bits per heavy atom. The van der Waals surface area contributed by atoms with Gasteiger partial charge >= 0.3 is 12.1 Å². The lowest BCUT2D eigenvalue weighted by Gasteiger charge is -2.09. The van der Waals surface area contributed by atoms with Crippen molar-refractivity contribution in [2.45, 2.75) is 6.18 Å². The second-order valence-electron chi connectivity index (χ2n) is 5.34. The molecule has 0 radical (unpaired) electrons. The molecule has 1 heterocycles. The Morgan fingerprint density at radius 1 is 1.04 bits per heavy atom. The van der Waals surface area contributed by atoms with E-state index in [4.69, 9.17) is 5.11 Å². The molecule has 26 heavy (non-hydrogen) atoms. The molecule has 0 saturated heterocycles. The maximum Gasteiger partial charge on any atom is 0.435 e. The topological polar surface area (TPSA) is 75.3 Å². The summed E-state index contributed by atoms with van der Waals surface area (Å²) in [7, 11) is 0. The quantitative estimate of drug-likeness (QED) is 0.685. The summed E-state index contributed by atoms with van der Waals surface area (Å²) in [5.74, 6) is -2.56. The Labute approximate surface area is 143 Å². The van der Waals surface area contributed by atoms with Crippen molar-refractivity contribution in [1.82, 2.24) is 9.78 Å². The molecular formula is C17H10F4N2O3. The molecule has 0 amide bonds. The first-order valence-electron chi connectivity index (χ1n) is 7.16.